The summed E-state index contributed by atoms with van der Waals surface area (Å²) >= 11 is 0. The van der Waals surface area contributed by atoms with E-state index in [0.29, 0.717) is 37.9 Å². The monoisotopic (exact) mass is 381 g/mol. The molecule has 0 saturated carbocycles. The number of carbonyl (C=O) groups excluding carboxylic acids is 1. The summed E-state index contributed by atoms with van der Waals surface area (Å²) in [5, 5.41) is 4.66. The molecule has 0 spiro atoms. The average Bonchev–Trinajstić information content (AvgIpc) is 3.38. The minimum Gasteiger partial charge on any atom is -0.451 e. The second kappa shape index (κ2) is 8.00. The van der Waals surface area contributed by atoms with Gasteiger partial charge in [-0.3, -0.25) is 9.48 Å². The molecule has 1 unspecified atom stereocenters. The Bertz CT molecular complexity index is 954. The van der Waals surface area contributed by atoms with Gasteiger partial charge in [-0.25, -0.2) is 0 Å². The molecular formula is C21H23N3O4. The Balaban J connectivity index is 1.52. The van der Waals surface area contributed by atoms with E-state index in [9.17, 15) is 4.79 Å². The van der Waals surface area contributed by atoms with Crippen molar-refractivity contribution in [1.82, 2.24) is 14.7 Å². The Labute approximate surface area is 163 Å². The number of furan rings is 1. The van der Waals surface area contributed by atoms with Crippen molar-refractivity contribution >= 4 is 5.91 Å². The van der Waals surface area contributed by atoms with Crippen molar-refractivity contribution < 1.29 is 18.7 Å². The Hall–Kier alpha value is -2.90. The van der Waals surface area contributed by atoms with Crippen LogP contribution in [-0.4, -0.2) is 60.6 Å². The second-order valence-corrected chi connectivity index (χ2v) is 6.94. The smallest absolute Gasteiger partial charge is 0.289 e. The molecule has 3 heterocycles. The summed E-state index contributed by atoms with van der Waals surface area (Å²) in [6.07, 6.45) is 1.98. The molecule has 4 rings (SSSR count). The summed E-state index contributed by atoms with van der Waals surface area (Å²) < 4.78 is 18.7. The van der Waals surface area contributed by atoms with E-state index >= 15 is 0 Å². The predicted octanol–water partition coefficient (Wildman–Crippen LogP) is 2.93. The third-order valence-corrected chi connectivity index (χ3v) is 4.58. The summed E-state index contributed by atoms with van der Waals surface area (Å²) in [5.41, 5.74) is 2.75. The molecule has 1 saturated heterocycles. The van der Waals surface area contributed by atoms with Crippen molar-refractivity contribution in [2.45, 2.75) is 12.6 Å². The molecule has 0 bridgehead atoms. The third-order valence-electron chi connectivity index (χ3n) is 4.58. The molecule has 0 N–H and O–H groups in total. The molecule has 0 radical (unpaired) electrons. The van der Waals surface area contributed by atoms with Gasteiger partial charge >= 0.3 is 0 Å². The summed E-state index contributed by atoms with van der Waals surface area (Å²) in [6.45, 7) is 2.54. The van der Waals surface area contributed by atoms with E-state index < -0.39 is 0 Å². The summed E-state index contributed by atoms with van der Waals surface area (Å²) in [6, 6.07) is 13.4. The number of nitrogens with zero attached hydrogens (tertiary/aromatic N) is 3. The van der Waals surface area contributed by atoms with Crippen LogP contribution in [0.3, 0.4) is 0 Å². The molecule has 1 atom stereocenters. The Morgan fingerprint density at radius 3 is 2.82 bits per heavy atom. The van der Waals surface area contributed by atoms with Gasteiger partial charge in [-0.15, -0.1) is 0 Å². The zero-order valence-corrected chi connectivity index (χ0v) is 16.0. The second-order valence-electron chi connectivity index (χ2n) is 6.94. The van der Waals surface area contributed by atoms with Crippen LogP contribution in [0.4, 0.5) is 0 Å². The molecule has 0 aliphatic carbocycles. The van der Waals surface area contributed by atoms with Gasteiger partial charge in [-0.2, -0.15) is 5.10 Å². The van der Waals surface area contributed by atoms with Gasteiger partial charge in [0.25, 0.3) is 5.91 Å². The van der Waals surface area contributed by atoms with Crippen LogP contribution in [0.5, 0.6) is 0 Å². The largest absolute Gasteiger partial charge is 0.451 e. The van der Waals surface area contributed by atoms with E-state index in [1.807, 2.05) is 47.3 Å². The maximum Gasteiger partial charge on any atom is 0.289 e. The molecule has 3 aromatic rings. The third kappa shape index (κ3) is 4.00. The van der Waals surface area contributed by atoms with Crippen LogP contribution in [0.15, 0.2) is 53.1 Å². The normalized spacial score (nSPS) is 16.9. The predicted molar refractivity (Wildman–Crippen MR) is 104 cm³/mol. The maximum absolute atomic E-state index is 12.0. The highest BCUT2D eigenvalue weighted by Gasteiger charge is 2.17. The number of ether oxygens (including phenoxy) is 2. The van der Waals surface area contributed by atoms with Crippen molar-refractivity contribution in [1.29, 1.82) is 0 Å². The fourth-order valence-corrected chi connectivity index (χ4v) is 3.13. The van der Waals surface area contributed by atoms with Crippen molar-refractivity contribution in [2.75, 3.05) is 33.9 Å². The molecule has 1 aliphatic rings. The van der Waals surface area contributed by atoms with Crippen LogP contribution in [0.25, 0.3) is 22.6 Å². The van der Waals surface area contributed by atoms with Crippen molar-refractivity contribution in [3.63, 3.8) is 0 Å². The van der Waals surface area contributed by atoms with Gasteiger partial charge in [0.15, 0.2) is 5.76 Å². The van der Waals surface area contributed by atoms with Crippen LogP contribution >= 0.6 is 0 Å². The van der Waals surface area contributed by atoms with E-state index in [-0.39, 0.29) is 12.0 Å². The average molecular weight is 381 g/mol. The minimum absolute atomic E-state index is 0.0311. The van der Waals surface area contributed by atoms with Crippen molar-refractivity contribution in [2.24, 2.45) is 0 Å². The molecule has 1 aliphatic heterocycles. The lowest BCUT2D eigenvalue weighted by molar-refractivity contribution is -0.0946. The molecule has 1 aromatic carbocycles. The first-order valence-electron chi connectivity index (χ1n) is 9.25. The lowest BCUT2D eigenvalue weighted by Gasteiger charge is -2.22. The quantitative estimate of drug-likeness (QED) is 0.680. The molecule has 1 amide bonds. The lowest BCUT2D eigenvalue weighted by atomic mass is 10.1. The van der Waals surface area contributed by atoms with E-state index in [1.165, 1.54) is 4.90 Å². The van der Waals surface area contributed by atoms with Gasteiger partial charge in [-0.05, 0) is 24.3 Å². The minimum atomic E-state index is -0.157. The van der Waals surface area contributed by atoms with Crippen LogP contribution in [0, 0.1) is 0 Å². The van der Waals surface area contributed by atoms with Crippen LogP contribution < -0.4 is 0 Å². The van der Waals surface area contributed by atoms with Crippen LogP contribution in [0.2, 0.25) is 0 Å². The van der Waals surface area contributed by atoms with Crippen molar-refractivity contribution in [3.8, 4) is 22.6 Å². The zero-order chi connectivity index (χ0) is 19.5. The maximum atomic E-state index is 12.0. The number of benzene rings is 1. The number of hydrogen-bond acceptors (Lipinski definition) is 5. The van der Waals surface area contributed by atoms with Crippen LogP contribution in [0.1, 0.15) is 10.6 Å². The van der Waals surface area contributed by atoms with Crippen LogP contribution in [-0.2, 0) is 16.0 Å². The number of rotatable bonds is 5. The fourth-order valence-electron chi connectivity index (χ4n) is 3.13. The zero-order valence-electron chi connectivity index (χ0n) is 16.0. The van der Waals surface area contributed by atoms with Gasteiger partial charge in [0.05, 0.1) is 32.1 Å². The van der Waals surface area contributed by atoms with Gasteiger partial charge in [0, 0.05) is 31.4 Å². The van der Waals surface area contributed by atoms with Gasteiger partial charge in [0.1, 0.15) is 11.9 Å². The number of carbonyl (C=O) groups is 1. The standard InChI is InChI=1S/C21H23N3O4/c1-23(2)21(25)20-7-6-19(28-20)16-5-3-4-15(12-16)18-8-9-24(22-18)13-17-14-26-10-11-27-17/h3-9,12,17H,10-11,13-14H2,1-2H3. The molecule has 1 fully saturated rings. The summed E-state index contributed by atoms with van der Waals surface area (Å²) in [5.74, 6) is 0.818. The highest BCUT2D eigenvalue weighted by atomic mass is 16.6. The molecule has 2 aromatic heterocycles. The van der Waals surface area contributed by atoms with Crippen molar-refractivity contribution in [3.05, 3.63) is 54.4 Å². The SMILES string of the molecule is CN(C)C(=O)c1ccc(-c2cccc(-c3ccn(CC4COCCO4)n3)c2)o1. The van der Waals surface area contributed by atoms with E-state index in [2.05, 4.69) is 5.10 Å². The summed E-state index contributed by atoms with van der Waals surface area (Å²) in [4.78, 5) is 13.5. The fraction of sp³-hybridized carbons (Fsp3) is 0.333. The lowest BCUT2D eigenvalue weighted by Crippen LogP contribution is -2.32. The Kier molecular flexibility index (Phi) is 5.27. The van der Waals surface area contributed by atoms with E-state index in [1.54, 1.807) is 20.2 Å². The topological polar surface area (TPSA) is 69.7 Å². The first-order valence-corrected chi connectivity index (χ1v) is 9.25. The molecule has 28 heavy (non-hydrogen) atoms. The number of amides is 1. The first kappa shape index (κ1) is 18.5. The summed E-state index contributed by atoms with van der Waals surface area (Å²) in [7, 11) is 3.40. The Morgan fingerprint density at radius 1 is 1.18 bits per heavy atom. The highest BCUT2D eigenvalue weighted by Crippen LogP contribution is 2.27. The number of hydrogen-bond donors (Lipinski definition) is 0. The molecular weight excluding hydrogens is 358 g/mol. The molecule has 7 heteroatoms. The molecule has 146 valence electrons. The van der Waals surface area contributed by atoms with Gasteiger partial charge in [0.2, 0.25) is 0 Å². The number of aromatic nitrogens is 2. The van der Waals surface area contributed by atoms with Gasteiger partial charge in [-0.1, -0.05) is 18.2 Å². The first-order chi connectivity index (χ1) is 13.6. The molecule has 7 nitrogen and oxygen atoms in total. The van der Waals surface area contributed by atoms with Gasteiger partial charge < -0.3 is 18.8 Å². The highest BCUT2D eigenvalue weighted by molar-refractivity contribution is 5.91. The van der Waals surface area contributed by atoms with E-state index in [4.69, 9.17) is 13.9 Å². The Morgan fingerprint density at radius 2 is 2.04 bits per heavy atom. The van der Waals surface area contributed by atoms with E-state index in [0.717, 1.165) is 16.8 Å².